The van der Waals surface area contributed by atoms with Gasteiger partial charge < -0.3 is 15.2 Å². The van der Waals surface area contributed by atoms with E-state index in [4.69, 9.17) is 17.0 Å². The molecule has 0 unspecified atom stereocenters. The molecule has 2 aromatic rings. The third-order valence-electron chi connectivity index (χ3n) is 4.22. The van der Waals surface area contributed by atoms with Crippen molar-refractivity contribution in [2.24, 2.45) is 0 Å². The first kappa shape index (κ1) is 22.9. The number of nitrogens with one attached hydrogen (secondary N) is 1. The molecule has 1 fully saturated rings. The zero-order valence-electron chi connectivity index (χ0n) is 15.3. The Morgan fingerprint density at radius 2 is 1.74 bits per heavy atom. The van der Waals surface area contributed by atoms with Gasteiger partial charge in [0, 0.05) is 11.1 Å². The average molecular weight is 479 g/mol. The van der Waals surface area contributed by atoms with Gasteiger partial charge >= 0.3 is 12.4 Å². The highest BCUT2D eigenvalue weighted by Crippen LogP contribution is 2.45. The quantitative estimate of drug-likeness (QED) is 0.341. The Kier molecular flexibility index (Phi) is 5.98. The van der Waals surface area contributed by atoms with Gasteiger partial charge in [0.1, 0.15) is 15.8 Å². The number of hydrogen-bond donors (Lipinski definition) is 2. The number of thioether (sulfide) groups is 1. The number of ether oxygens (including phenoxy) is 1. The molecule has 1 aliphatic rings. The predicted octanol–water partition coefficient (Wildman–Crippen LogP) is 5.59. The molecular formula is C19H11F6NO3S2. The Labute approximate surface area is 180 Å². The van der Waals surface area contributed by atoms with E-state index in [9.17, 15) is 36.2 Å². The van der Waals surface area contributed by atoms with Crippen molar-refractivity contribution in [3.05, 3.63) is 51.9 Å². The van der Waals surface area contributed by atoms with E-state index in [1.807, 2.05) is 0 Å². The van der Waals surface area contributed by atoms with E-state index in [-0.39, 0.29) is 26.6 Å². The smallest absolute Gasteiger partial charge is 0.417 e. The van der Waals surface area contributed by atoms with Crippen LogP contribution in [0.3, 0.4) is 0 Å². The van der Waals surface area contributed by atoms with E-state index in [2.05, 4.69) is 5.32 Å². The Balaban J connectivity index is 2.25. The van der Waals surface area contributed by atoms with Crippen molar-refractivity contribution in [1.29, 1.82) is 0 Å². The maximum atomic E-state index is 13.6. The van der Waals surface area contributed by atoms with E-state index in [1.165, 1.54) is 19.3 Å². The lowest BCUT2D eigenvalue weighted by molar-refractivity contribution is -0.142. The largest absolute Gasteiger partial charge is 0.507 e. The number of benzene rings is 2. The molecule has 0 aliphatic carbocycles. The molecule has 0 atom stereocenters. The third-order valence-corrected chi connectivity index (χ3v) is 5.38. The summed E-state index contributed by atoms with van der Waals surface area (Å²) in [4.78, 5) is 11.9. The summed E-state index contributed by atoms with van der Waals surface area (Å²) in [6, 6.07) is 3.41. The van der Waals surface area contributed by atoms with Crippen LogP contribution < -0.4 is 10.1 Å². The van der Waals surface area contributed by atoms with Crippen LogP contribution in [0.5, 0.6) is 11.5 Å². The Morgan fingerprint density at radius 3 is 2.26 bits per heavy atom. The van der Waals surface area contributed by atoms with Gasteiger partial charge in [-0.15, -0.1) is 0 Å². The van der Waals surface area contributed by atoms with E-state index in [1.54, 1.807) is 0 Å². The van der Waals surface area contributed by atoms with E-state index < -0.39 is 46.3 Å². The van der Waals surface area contributed by atoms with E-state index in [0.29, 0.717) is 12.1 Å². The molecule has 2 N–H and O–H groups in total. The van der Waals surface area contributed by atoms with Gasteiger partial charge in [0.25, 0.3) is 5.91 Å². The number of alkyl halides is 6. The summed E-state index contributed by atoms with van der Waals surface area (Å²) in [5.74, 6) is -1.23. The monoisotopic (exact) mass is 479 g/mol. The van der Waals surface area contributed by atoms with E-state index >= 15 is 0 Å². The minimum Gasteiger partial charge on any atom is -0.507 e. The molecule has 1 saturated heterocycles. The predicted molar refractivity (Wildman–Crippen MR) is 106 cm³/mol. The van der Waals surface area contributed by atoms with E-state index in [0.717, 1.165) is 17.8 Å². The molecule has 0 bridgehead atoms. The van der Waals surface area contributed by atoms with Crippen molar-refractivity contribution in [3.8, 4) is 22.6 Å². The molecule has 0 saturated carbocycles. The second-order valence-electron chi connectivity index (χ2n) is 6.22. The van der Waals surface area contributed by atoms with Gasteiger partial charge in [-0.1, -0.05) is 30.0 Å². The highest BCUT2D eigenvalue weighted by molar-refractivity contribution is 8.26. The maximum Gasteiger partial charge on any atom is 0.417 e. The number of hydrogen-bond acceptors (Lipinski definition) is 5. The Bertz CT molecular complexity index is 1110. The second kappa shape index (κ2) is 8.08. The lowest BCUT2D eigenvalue weighted by atomic mass is 9.94. The zero-order valence-corrected chi connectivity index (χ0v) is 16.9. The molecular weight excluding hydrogens is 468 g/mol. The van der Waals surface area contributed by atoms with Crippen LogP contribution in [-0.4, -0.2) is 22.4 Å². The second-order valence-corrected chi connectivity index (χ2v) is 7.94. The normalized spacial score (nSPS) is 16.0. The number of thiocarbonyl (C=S) groups is 1. The molecule has 1 amide bonds. The summed E-state index contributed by atoms with van der Waals surface area (Å²) in [6.07, 6.45) is -8.94. The van der Waals surface area contributed by atoms with Crippen molar-refractivity contribution in [1.82, 2.24) is 5.32 Å². The van der Waals surface area contributed by atoms with Crippen LogP contribution in [0.1, 0.15) is 16.7 Å². The summed E-state index contributed by atoms with van der Waals surface area (Å²) >= 11 is 5.74. The number of amides is 1. The van der Waals surface area contributed by atoms with Crippen LogP contribution in [0.25, 0.3) is 17.2 Å². The topological polar surface area (TPSA) is 58.6 Å². The zero-order chi connectivity index (χ0) is 23.1. The van der Waals surface area contributed by atoms with Gasteiger partial charge in [0.15, 0.2) is 0 Å². The molecule has 3 rings (SSSR count). The van der Waals surface area contributed by atoms with Gasteiger partial charge in [-0.3, -0.25) is 4.79 Å². The standard InChI is InChI=1S/C19H11F6NO3S2/c1-29-10-4-8(5-14-16(28)26-17(30)31-14)15(27)12(7-10)11-3-2-9(18(20,21)22)6-13(11)19(23,24)25/h2-7,27H,1H3,(H,26,28,30). The van der Waals surface area contributed by atoms with Gasteiger partial charge in [0.05, 0.1) is 23.1 Å². The number of methoxy groups -OCH3 is 1. The molecule has 0 aromatic heterocycles. The first-order valence-electron chi connectivity index (χ1n) is 8.26. The van der Waals surface area contributed by atoms with Crippen LogP contribution in [0.4, 0.5) is 26.3 Å². The highest BCUT2D eigenvalue weighted by Gasteiger charge is 2.39. The summed E-state index contributed by atoms with van der Waals surface area (Å²) in [6.45, 7) is 0. The molecule has 12 heteroatoms. The first-order chi connectivity index (χ1) is 14.3. The fourth-order valence-corrected chi connectivity index (χ4v) is 3.85. The molecule has 4 nitrogen and oxygen atoms in total. The lowest BCUT2D eigenvalue weighted by Gasteiger charge is -2.18. The maximum absolute atomic E-state index is 13.6. The van der Waals surface area contributed by atoms with Gasteiger partial charge in [-0.25, -0.2) is 0 Å². The molecule has 31 heavy (non-hydrogen) atoms. The minimum absolute atomic E-state index is 0.0126. The highest BCUT2D eigenvalue weighted by atomic mass is 32.2. The average Bonchev–Trinajstić information content (AvgIpc) is 2.98. The van der Waals surface area contributed by atoms with Crippen molar-refractivity contribution in [3.63, 3.8) is 0 Å². The van der Waals surface area contributed by atoms with Gasteiger partial charge in [-0.2, -0.15) is 26.3 Å². The number of aromatic hydroxyl groups is 1. The fraction of sp³-hybridized carbons (Fsp3) is 0.158. The summed E-state index contributed by atoms with van der Waals surface area (Å²) in [7, 11) is 1.22. The Morgan fingerprint density at radius 1 is 1.06 bits per heavy atom. The fourth-order valence-electron chi connectivity index (χ4n) is 2.81. The lowest BCUT2D eigenvalue weighted by Crippen LogP contribution is -2.17. The van der Waals surface area contributed by atoms with Crippen molar-refractivity contribution in [2.75, 3.05) is 7.11 Å². The molecule has 0 spiro atoms. The van der Waals surface area contributed by atoms with Gasteiger partial charge in [-0.05, 0) is 35.9 Å². The number of carbonyl (C=O) groups excluding carboxylic acids is 1. The van der Waals surface area contributed by atoms with Crippen LogP contribution in [0, 0.1) is 0 Å². The summed E-state index contributed by atoms with van der Waals surface area (Å²) < 4.78 is 84.8. The SMILES string of the molecule is COc1cc(C=C2SC(=S)NC2=O)c(O)c(-c2ccc(C(F)(F)F)cc2C(F)(F)F)c1. The molecule has 0 radical (unpaired) electrons. The molecule has 1 aliphatic heterocycles. The molecule has 2 aromatic carbocycles. The minimum atomic E-state index is -5.14. The van der Waals surface area contributed by atoms with Crippen LogP contribution in [-0.2, 0) is 17.1 Å². The van der Waals surface area contributed by atoms with Gasteiger partial charge in [0.2, 0.25) is 0 Å². The summed E-state index contributed by atoms with van der Waals surface area (Å²) in [5, 5.41) is 13.0. The number of phenols is 1. The summed E-state index contributed by atoms with van der Waals surface area (Å²) in [5.41, 5.74) is -4.25. The number of halogens is 6. The molecule has 164 valence electrons. The van der Waals surface area contributed by atoms with Crippen molar-refractivity contribution >= 4 is 40.3 Å². The Hall–Kier alpha value is -2.73. The molecule has 1 heterocycles. The number of carbonyl (C=O) groups is 1. The third kappa shape index (κ3) is 4.79. The van der Waals surface area contributed by atoms with Crippen LogP contribution in [0.2, 0.25) is 0 Å². The van der Waals surface area contributed by atoms with Crippen molar-refractivity contribution < 1.29 is 41.0 Å². The van der Waals surface area contributed by atoms with Crippen LogP contribution >= 0.6 is 24.0 Å². The first-order valence-corrected chi connectivity index (χ1v) is 9.48. The number of phenolic OH excluding ortho intramolecular Hbond substituents is 1. The number of rotatable bonds is 3. The van der Waals surface area contributed by atoms with Crippen molar-refractivity contribution in [2.45, 2.75) is 12.4 Å². The van der Waals surface area contributed by atoms with Crippen LogP contribution in [0.15, 0.2) is 35.2 Å².